The molecule has 1 aliphatic rings. The molecule has 1 fully saturated rings. The van der Waals surface area contributed by atoms with E-state index in [1.54, 1.807) is 22.2 Å². The first-order valence-electron chi connectivity index (χ1n) is 7.16. The maximum Gasteiger partial charge on any atom is 0.273 e. The van der Waals surface area contributed by atoms with Gasteiger partial charge in [0.05, 0.1) is 12.7 Å². The number of carbonyl (C=O) groups excluding carboxylic acids is 1. The summed E-state index contributed by atoms with van der Waals surface area (Å²) in [7, 11) is 0. The van der Waals surface area contributed by atoms with Crippen LogP contribution in [0, 0.1) is 5.92 Å². The number of hydrogen-bond donors (Lipinski definition) is 2. The Balaban J connectivity index is 1.61. The van der Waals surface area contributed by atoms with Crippen LogP contribution < -0.4 is 10.6 Å². The van der Waals surface area contributed by atoms with Crippen LogP contribution in [0.4, 0.5) is 0 Å². The molecule has 2 N–H and O–H groups in total. The molecule has 3 heterocycles. The largest absolute Gasteiger partial charge is 0.347 e. The van der Waals surface area contributed by atoms with Crippen molar-refractivity contribution >= 4 is 17.2 Å². The summed E-state index contributed by atoms with van der Waals surface area (Å²) in [5.74, 6) is 0.301. The van der Waals surface area contributed by atoms with E-state index in [2.05, 4.69) is 27.9 Å². The number of amides is 1. The highest BCUT2D eigenvalue weighted by Crippen LogP contribution is 2.12. The Kier molecular flexibility index (Phi) is 4.31. The number of rotatable bonds is 4. The minimum Gasteiger partial charge on any atom is -0.347 e. The number of carbonyl (C=O) groups is 1. The second-order valence-electron chi connectivity index (χ2n) is 5.43. The summed E-state index contributed by atoms with van der Waals surface area (Å²) in [6.45, 7) is 4.68. The molecule has 2 aromatic rings. The van der Waals surface area contributed by atoms with Crippen molar-refractivity contribution in [2.75, 3.05) is 13.1 Å². The van der Waals surface area contributed by atoms with E-state index < -0.39 is 0 Å². The predicted octanol–water partition coefficient (Wildman–Crippen LogP) is 1.12. The zero-order valence-electron chi connectivity index (χ0n) is 12.0. The molecule has 1 aliphatic heterocycles. The van der Waals surface area contributed by atoms with E-state index in [1.165, 1.54) is 4.88 Å². The molecule has 7 heteroatoms. The Morgan fingerprint density at radius 3 is 3.29 bits per heavy atom. The Labute approximate surface area is 127 Å². The lowest BCUT2D eigenvalue weighted by atomic mass is 9.95. The highest BCUT2D eigenvalue weighted by molar-refractivity contribution is 7.09. The summed E-state index contributed by atoms with van der Waals surface area (Å²) in [5.41, 5.74) is 0.386. The fraction of sp³-hybridized carbons (Fsp3) is 0.500. The highest BCUT2D eigenvalue weighted by Gasteiger charge is 2.24. The first-order valence-corrected chi connectivity index (χ1v) is 8.04. The second-order valence-corrected chi connectivity index (χ2v) is 6.46. The minimum atomic E-state index is -0.133. The monoisotopic (exact) mass is 305 g/mol. The van der Waals surface area contributed by atoms with Gasteiger partial charge < -0.3 is 10.6 Å². The van der Waals surface area contributed by atoms with Crippen molar-refractivity contribution in [3.05, 3.63) is 34.3 Å². The molecular weight excluding hydrogens is 286 g/mol. The lowest BCUT2D eigenvalue weighted by molar-refractivity contribution is 0.0909. The van der Waals surface area contributed by atoms with E-state index in [4.69, 9.17) is 0 Å². The molecule has 2 atom stereocenters. The van der Waals surface area contributed by atoms with Crippen LogP contribution in [0.3, 0.4) is 0 Å². The summed E-state index contributed by atoms with van der Waals surface area (Å²) < 4.78 is 1.70. The SMILES string of the molecule is CC1CNCCC1NC(=O)c1cn(Cc2cccs2)nn1. The van der Waals surface area contributed by atoms with E-state index in [0.717, 1.165) is 19.5 Å². The van der Waals surface area contributed by atoms with Crippen molar-refractivity contribution in [1.29, 1.82) is 0 Å². The number of hydrogen-bond acceptors (Lipinski definition) is 5. The summed E-state index contributed by atoms with van der Waals surface area (Å²) in [5, 5.41) is 16.4. The van der Waals surface area contributed by atoms with E-state index >= 15 is 0 Å². The fourth-order valence-electron chi connectivity index (χ4n) is 2.51. The maximum atomic E-state index is 12.2. The van der Waals surface area contributed by atoms with Gasteiger partial charge >= 0.3 is 0 Å². The van der Waals surface area contributed by atoms with Gasteiger partial charge in [0.2, 0.25) is 0 Å². The third-order valence-corrected chi connectivity index (χ3v) is 4.63. The lowest BCUT2D eigenvalue weighted by Gasteiger charge is -2.29. The first kappa shape index (κ1) is 14.2. The van der Waals surface area contributed by atoms with Gasteiger partial charge in [-0.2, -0.15) is 0 Å². The summed E-state index contributed by atoms with van der Waals surface area (Å²) in [6, 6.07) is 4.26. The van der Waals surface area contributed by atoms with Gasteiger partial charge in [0.1, 0.15) is 0 Å². The quantitative estimate of drug-likeness (QED) is 0.888. The molecule has 3 rings (SSSR count). The summed E-state index contributed by atoms with van der Waals surface area (Å²) in [4.78, 5) is 13.4. The molecule has 0 bridgehead atoms. The molecule has 0 aromatic carbocycles. The van der Waals surface area contributed by atoms with Crippen molar-refractivity contribution in [2.24, 2.45) is 5.92 Å². The zero-order chi connectivity index (χ0) is 14.7. The summed E-state index contributed by atoms with van der Waals surface area (Å²) >= 11 is 1.67. The number of nitrogens with zero attached hydrogens (tertiary/aromatic N) is 3. The van der Waals surface area contributed by atoms with Gasteiger partial charge in [-0.1, -0.05) is 18.2 Å². The van der Waals surface area contributed by atoms with Crippen LogP contribution in [0.5, 0.6) is 0 Å². The smallest absolute Gasteiger partial charge is 0.273 e. The van der Waals surface area contributed by atoms with Crippen LogP contribution in [0.2, 0.25) is 0 Å². The van der Waals surface area contributed by atoms with Gasteiger partial charge in [0, 0.05) is 10.9 Å². The van der Waals surface area contributed by atoms with Gasteiger partial charge in [-0.3, -0.25) is 4.79 Å². The van der Waals surface area contributed by atoms with Crippen LogP contribution in [-0.4, -0.2) is 40.0 Å². The highest BCUT2D eigenvalue weighted by atomic mass is 32.1. The van der Waals surface area contributed by atoms with Crippen LogP contribution in [-0.2, 0) is 6.54 Å². The molecule has 0 saturated carbocycles. The third kappa shape index (κ3) is 3.48. The number of nitrogens with one attached hydrogen (secondary N) is 2. The number of aromatic nitrogens is 3. The van der Waals surface area contributed by atoms with Crippen molar-refractivity contribution < 1.29 is 4.79 Å². The third-order valence-electron chi connectivity index (χ3n) is 3.77. The van der Waals surface area contributed by atoms with Gasteiger partial charge in [-0.05, 0) is 36.9 Å². The first-order chi connectivity index (χ1) is 10.2. The van der Waals surface area contributed by atoms with Crippen molar-refractivity contribution in [1.82, 2.24) is 25.6 Å². The topological polar surface area (TPSA) is 71.8 Å². The second kappa shape index (κ2) is 6.36. The van der Waals surface area contributed by atoms with Gasteiger partial charge in [-0.25, -0.2) is 4.68 Å². The van der Waals surface area contributed by atoms with E-state index in [-0.39, 0.29) is 11.9 Å². The van der Waals surface area contributed by atoms with E-state index in [0.29, 0.717) is 18.2 Å². The average Bonchev–Trinajstić information content (AvgIpc) is 3.13. The minimum absolute atomic E-state index is 0.133. The Morgan fingerprint density at radius 1 is 1.62 bits per heavy atom. The van der Waals surface area contributed by atoms with Crippen LogP contribution in [0.1, 0.15) is 28.7 Å². The van der Waals surface area contributed by atoms with Crippen LogP contribution >= 0.6 is 11.3 Å². The van der Waals surface area contributed by atoms with Gasteiger partial charge in [0.25, 0.3) is 5.91 Å². The van der Waals surface area contributed by atoms with Crippen LogP contribution in [0.15, 0.2) is 23.7 Å². The predicted molar refractivity (Wildman–Crippen MR) is 81.3 cm³/mol. The lowest BCUT2D eigenvalue weighted by Crippen LogP contribution is -2.48. The molecule has 2 unspecified atom stereocenters. The molecule has 0 radical (unpaired) electrons. The Bertz CT molecular complexity index is 594. The zero-order valence-corrected chi connectivity index (χ0v) is 12.8. The Hall–Kier alpha value is -1.73. The fourth-order valence-corrected chi connectivity index (χ4v) is 3.21. The number of piperidine rings is 1. The normalized spacial score (nSPS) is 22.1. The van der Waals surface area contributed by atoms with Gasteiger partial charge in [0.15, 0.2) is 5.69 Å². The average molecular weight is 305 g/mol. The standard InChI is InChI=1S/C14H19N5OS/c1-10-7-15-5-4-12(10)16-14(20)13-9-19(18-17-13)8-11-3-2-6-21-11/h2-3,6,9-10,12,15H,4-5,7-8H2,1H3,(H,16,20). The van der Waals surface area contributed by atoms with Crippen molar-refractivity contribution in [3.63, 3.8) is 0 Å². The van der Waals surface area contributed by atoms with Crippen molar-refractivity contribution in [3.8, 4) is 0 Å². The molecule has 1 saturated heterocycles. The molecule has 1 amide bonds. The van der Waals surface area contributed by atoms with Crippen molar-refractivity contribution in [2.45, 2.75) is 25.9 Å². The van der Waals surface area contributed by atoms with Crippen LogP contribution in [0.25, 0.3) is 0 Å². The summed E-state index contributed by atoms with van der Waals surface area (Å²) in [6.07, 6.45) is 2.66. The maximum absolute atomic E-state index is 12.2. The van der Waals surface area contributed by atoms with Gasteiger partial charge in [-0.15, -0.1) is 16.4 Å². The molecule has 6 nitrogen and oxygen atoms in total. The molecular formula is C14H19N5OS. The Morgan fingerprint density at radius 2 is 2.52 bits per heavy atom. The molecule has 2 aromatic heterocycles. The molecule has 21 heavy (non-hydrogen) atoms. The van der Waals surface area contributed by atoms with E-state index in [1.807, 2.05) is 17.5 Å². The molecule has 0 aliphatic carbocycles. The van der Waals surface area contributed by atoms with E-state index in [9.17, 15) is 4.79 Å². The number of thiophene rings is 1. The molecule has 0 spiro atoms. The molecule has 112 valence electrons.